The summed E-state index contributed by atoms with van der Waals surface area (Å²) in [4.78, 5) is 12.0. The molecule has 1 aromatic heterocycles. The van der Waals surface area contributed by atoms with E-state index < -0.39 is 17.4 Å². The van der Waals surface area contributed by atoms with Gasteiger partial charge in [-0.05, 0) is 18.6 Å². The molecular weight excluding hydrogens is 238 g/mol. The molecule has 0 fully saturated rings. The van der Waals surface area contributed by atoms with Crippen molar-refractivity contribution >= 4 is 5.78 Å². The monoisotopic (exact) mass is 250 g/mol. The molecule has 2 aromatic rings. The number of aromatic nitrogens is 2. The predicted octanol–water partition coefficient (Wildman–Crippen LogP) is 2.80. The zero-order valence-corrected chi connectivity index (χ0v) is 9.86. The second kappa shape index (κ2) is 5.08. The van der Waals surface area contributed by atoms with Crippen molar-refractivity contribution in [2.75, 3.05) is 0 Å². The Balaban J connectivity index is 2.29. The van der Waals surface area contributed by atoms with Crippen LogP contribution in [0.1, 0.15) is 29.3 Å². The molecule has 0 bridgehead atoms. The summed E-state index contributed by atoms with van der Waals surface area (Å²) in [7, 11) is 0. The van der Waals surface area contributed by atoms with Gasteiger partial charge in [0.1, 0.15) is 11.6 Å². The van der Waals surface area contributed by atoms with Crippen molar-refractivity contribution in [3.05, 3.63) is 53.4 Å². The van der Waals surface area contributed by atoms with E-state index in [1.54, 1.807) is 10.9 Å². The molecule has 18 heavy (non-hydrogen) atoms. The summed E-state index contributed by atoms with van der Waals surface area (Å²) in [5, 5.41) is 4.00. The van der Waals surface area contributed by atoms with Crippen LogP contribution in [0.25, 0.3) is 0 Å². The van der Waals surface area contributed by atoms with Gasteiger partial charge in [0.25, 0.3) is 0 Å². The molecule has 0 N–H and O–H groups in total. The van der Waals surface area contributed by atoms with Crippen molar-refractivity contribution in [1.82, 2.24) is 9.78 Å². The molecule has 0 atom stereocenters. The topological polar surface area (TPSA) is 34.9 Å². The minimum atomic E-state index is -0.858. The number of nitrogens with zero attached hydrogens (tertiary/aromatic N) is 2. The predicted molar refractivity (Wildman–Crippen MR) is 62.3 cm³/mol. The van der Waals surface area contributed by atoms with E-state index in [-0.39, 0.29) is 5.56 Å². The highest BCUT2D eigenvalue weighted by Crippen LogP contribution is 2.14. The molecule has 5 heteroatoms. The molecule has 0 saturated carbocycles. The Kier molecular flexibility index (Phi) is 3.50. The van der Waals surface area contributed by atoms with Gasteiger partial charge in [0, 0.05) is 18.8 Å². The summed E-state index contributed by atoms with van der Waals surface area (Å²) in [5.41, 5.74) is 0.154. The zero-order valence-electron chi connectivity index (χ0n) is 9.86. The van der Waals surface area contributed by atoms with Crippen molar-refractivity contribution in [2.45, 2.75) is 19.9 Å². The van der Waals surface area contributed by atoms with Crippen molar-refractivity contribution in [3.8, 4) is 0 Å². The number of carbonyl (C=O) groups is 1. The van der Waals surface area contributed by atoms with Crippen LogP contribution in [0.2, 0.25) is 0 Å². The number of hydrogen-bond donors (Lipinski definition) is 0. The third-order valence-electron chi connectivity index (χ3n) is 2.52. The lowest BCUT2D eigenvalue weighted by molar-refractivity contribution is 0.103. The largest absolute Gasteiger partial charge is 0.288 e. The van der Waals surface area contributed by atoms with Crippen LogP contribution in [0.4, 0.5) is 8.78 Å². The number of carbonyl (C=O) groups excluding carboxylic acids is 1. The third kappa shape index (κ3) is 2.45. The molecule has 0 aliphatic heterocycles. The Hall–Kier alpha value is -2.04. The fraction of sp³-hybridized carbons (Fsp3) is 0.231. The summed E-state index contributed by atoms with van der Waals surface area (Å²) in [6, 6.07) is 2.90. The van der Waals surface area contributed by atoms with E-state index in [0.717, 1.165) is 18.6 Å². The van der Waals surface area contributed by atoms with E-state index in [1.165, 1.54) is 6.20 Å². The number of aryl methyl sites for hydroxylation is 1. The zero-order chi connectivity index (χ0) is 13.1. The maximum atomic E-state index is 13.5. The summed E-state index contributed by atoms with van der Waals surface area (Å²) >= 11 is 0. The van der Waals surface area contributed by atoms with E-state index >= 15 is 0 Å². The van der Waals surface area contributed by atoms with Crippen LogP contribution in [0.3, 0.4) is 0 Å². The molecule has 0 radical (unpaired) electrons. The molecule has 1 heterocycles. The van der Waals surface area contributed by atoms with Crippen LogP contribution in [-0.4, -0.2) is 15.6 Å². The van der Waals surface area contributed by atoms with Crippen LogP contribution >= 0.6 is 0 Å². The first-order valence-electron chi connectivity index (χ1n) is 5.64. The van der Waals surface area contributed by atoms with Crippen LogP contribution in [0.15, 0.2) is 30.6 Å². The standard InChI is InChI=1S/C13H12F2N2O/c1-2-5-17-8-9(7-16-17)13(18)11-4-3-10(14)6-12(11)15/h3-4,6-8H,2,5H2,1H3. The molecule has 3 nitrogen and oxygen atoms in total. The normalized spacial score (nSPS) is 10.6. The average molecular weight is 250 g/mol. The Morgan fingerprint density at radius 2 is 2.17 bits per heavy atom. The first kappa shape index (κ1) is 12.4. The molecule has 1 aromatic carbocycles. The van der Waals surface area contributed by atoms with Crippen LogP contribution in [-0.2, 0) is 6.54 Å². The first-order valence-corrected chi connectivity index (χ1v) is 5.64. The lowest BCUT2D eigenvalue weighted by Gasteiger charge is -2.00. The average Bonchev–Trinajstić information content (AvgIpc) is 2.77. The van der Waals surface area contributed by atoms with Gasteiger partial charge in [-0.1, -0.05) is 6.92 Å². The highest BCUT2D eigenvalue weighted by atomic mass is 19.1. The fourth-order valence-corrected chi connectivity index (χ4v) is 1.66. The fourth-order valence-electron chi connectivity index (χ4n) is 1.66. The Bertz CT molecular complexity index is 578. The minimum Gasteiger partial charge on any atom is -0.288 e. The van der Waals surface area contributed by atoms with Crippen LogP contribution in [0.5, 0.6) is 0 Å². The van der Waals surface area contributed by atoms with Gasteiger partial charge in [0.15, 0.2) is 5.78 Å². The van der Waals surface area contributed by atoms with Crippen molar-refractivity contribution in [1.29, 1.82) is 0 Å². The number of ketones is 1. The summed E-state index contributed by atoms with van der Waals surface area (Å²) in [6.07, 6.45) is 3.84. The van der Waals surface area contributed by atoms with Gasteiger partial charge in [0.2, 0.25) is 0 Å². The minimum absolute atomic E-state index is 0.146. The lowest BCUT2D eigenvalue weighted by Crippen LogP contribution is -2.04. The van der Waals surface area contributed by atoms with Crippen molar-refractivity contribution in [2.24, 2.45) is 0 Å². The van der Waals surface area contributed by atoms with E-state index in [0.29, 0.717) is 18.2 Å². The number of halogens is 2. The number of benzene rings is 1. The van der Waals surface area contributed by atoms with Gasteiger partial charge in [0.05, 0.1) is 17.3 Å². The van der Waals surface area contributed by atoms with Gasteiger partial charge in [-0.25, -0.2) is 8.78 Å². The molecule has 0 aliphatic rings. The van der Waals surface area contributed by atoms with Gasteiger partial charge < -0.3 is 0 Å². The molecule has 0 unspecified atom stereocenters. The second-order valence-electron chi connectivity index (χ2n) is 3.95. The maximum Gasteiger partial charge on any atom is 0.199 e. The van der Waals surface area contributed by atoms with Gasteiger partial charge in [-0.15, -0.1) is 0 Å². The molecule has 2 rings (SSSR count). The van der Waals surface area contributed by atoms with E-state index in [9.17, 15) is 13.6 Å². The highest BCUT2D eigenvalue weighted by molar-refractivity contribution is 6.08. The van der Waals surface area contributed by atoms with E-state index in [2.05, 4.69) is 5.10 Å². The van der Waals surface area contributed by atoms with Crippen LogP contribution in [0, 0.1) is 11.6 Å². The van der Waals surface area contributed by atoms with Crippen molar-refractivity contribution < 1.29 is 13.6 Å². The van der Waals surface area contributed by atoms with E-state index in [4.69, 9.17) is 0 Å². The third-order valence-corrected chi connectivity index (χ3v) is 2.52. The Morgan fingerprint density at radius 3 is 2.83 bits per heavy atom. The van der Waals surface area contributed by atoms with Gasteiger partial charge in [-0.2, -0.15) is 5.10 Å². The summed E-state index contributed by atoms with van der Waals surface area (Å²) in [5.74, 6) is -2.05. The highest BCUT2D eigenvalue weighted by Gasteiger charge is 2.16. The maximum absolute atomic E-state index is 13.5. The molecule has 0 aliphatic carbocycles. The molecule has 0 saturated heterocycles. The number of rotatable bonds is 4. The summed E-state index contributed by atoms with van der Waals surface area (Å²) in [6.45, 7) is 2.68. The van der Waals surface area contributed by atoms with Crippen LogP contribution < -0.4 is 0 Å². The van der Waals surface area contributed by atoms with E-state index in [1.807, 2.05) is 6.92 Å². The quantitative estimate of drug-likeness (QED) is 0.782. The van der Waals surface area contributed by atoms with Crippen molar-refractivity contribution in [3.63, 3.8) is 0 Å². The molecular formula is C13H12F2N2O. The molecule has 0 amide bonds. The first-order chi connectivity index (χ1) is 8.61. The Labute approximate surface area is 103 Å². The smallest absolute Gasteiger partial charge is 0.199 e. The lowest BCUT2D eigenvalue weighted by atomic mass is 10.1. The SMILES string of the molecule is CCCn1cc(C(=O)c2ccc(F)cc2F)cn1. The number of hydrogen-bond acceptors (Lipinski definition) is 2. The molecule has 0 spiro atoms. The van der Waals surface area contributed by atoms with Gasteiger partial charge >= 0.3 is 0 Å². The molecule has 94 valence electrons. The summed E-state index contributed by atoms with van der Waals surface area (Å²) < 4.78 is 27.8. The van der Waals surface area contributed by atoms with Gasteiger partial charge in [-0.3, -0.25) is 9.48 Å². The second-order valence-corrected chi connectivity index (χ2v) is 3.95. The Morgan fingerprint density at radius 1 is 1.39 bits per heavy atom.